The van der Waals surface area contributed by atoms with E-state index in [-0.39, 0.29) is 17.5 Å². The second-order valence-electron chi connectivity index (χ2n) is 4.02. The molecule has 0 atom stereocenters. The molecule has 16 heavy (non-hydrogen) atoms. The van der Waals surface area contributed by atoms with E-state index in [1.807, 2.05) is 7.05 Å². The van der Waals surface area contributed by atoms with Crippen molar-refractivity contribution < 1.29 is 9.18 Å². The summed E-state index contributed by atoms with van der Waals surface area (Å²) in [4.78, 5) is 13.8. The molecule has 1 aromatic carbocycles. The minimum absolute atomic E-state index is 0.0951. The van der Waals surface area contributed by atoms with Crippen LogP contribution in [-0.2, 0) is 0 Å². The third-order valence-corrected chi connectivity index (χ3v) is 3.07. The number of hydrogen-bond acceptors (Lipinski definition) is 2. The lowest BCUT2D eigenvalue weighted by Crippen LogP contribution is -2.57. The molecule has 1 aromatic rings. The fraction of sp³-hybridized carbons (Fsp3) is 0.364. The Kier molecular flexibility index (Phi) is 3.25. The number of amides is 1. The van der Waals surface area contributed by atoms with E-state index in [9.17, 15) is 9.18 Å². The quantitative estimate of drug-likeness (QED) is 0.896. The van der Waals surface area contributed by atoms with Crippen LogP contribution in [0, 0.1) is 5.82 Å². The van der Waals surface area contributed by atoms with Gasteiger partial charge in [0, 0.05) is 17.6 Å². The van der Waals surface area contributed by atoms with E-state index in [0.29, 0.717) is 4.47 Å². The van der Waals surface area contributed by atoms with Gasteiger partial charge < -0.3 is 10.2 Å². The van der Waals surface area contributed by atoms with Gasteiger partial charge >= 0.3 is 0 Å². The number of rotatable bonds is 2. The predicted molar refractivity (Wildman–Crippen MR) is 62.9 cm³/mol. The molecule has 5 heteroatoms. The summed E-state index contributed by atoms with van der Waals surface area (Å²) in [6.45, 7) is 1.65. The van der Waals surface area contributed by atoms with E-state index in [2.05, 4.69) is 26.1 Å². The zero-order valence-corrected chi connectivity index (χ0v) is 10.4. The zero-order chi connectivity index (χ0) is 11.7. The number of hydrogen-bond donors (Lipinski definition) is 1. The van der Waals surface area contributed by atoms with Gasteiger partial charge in [-0.2, -0.15) is 0 Å². The molecule has 0 radical (unpaired) electrons. The van der Waals surface area contributed by atoms with Crippen LogP contribution in [0.3, 0.4) is 0 Å². The molecule has 1 aliphatic heterocycles. The molecule has 0 aliphatic carbocycles. The van der Waals surface area contributed by atoms with Gasteiger partial charge in [0.2, 0.25) is 0 Å². The first kappa shape index (κ1) is 11.5. The summed E-state index contributed by atoms with van der Waals surface area (Å²) < 4.78 is 14.1. The van der Waals surface area contributed by atoms with Crippen LogP contribution in [0.4, 0.5) is 4.39 Å². The van der Waals surface area contributed by atoms with Gasteiger partial charge in [-0.25, -0.2) is 4.39 Å². The summed E-state index contributed by atoms with van der Waals surface area (Å²) in [5.41, 5.74) is 0.0951. The highest BCUT2D eigenvalue weighted by atomic mass is 79.9. The van der Waals surface area contributed by atoms with Crippen molar-refractivity contribution >= 4 is 21.8 Å². The van der Waals surface area contributed by atoms with Crippen LogP contribution in [-0.4, -0.2) is 37.0 Å². The van der Waals surface area contributed by atoms with Gasteiger partial charge in [-0.3, -0.25) is 4.79 Å². The molecule has 0 aromatic heterocycles. The third-order valence-electron chi connectivity index (χ3n) is 2.58. The number of benzene rings is 1. The number of carbonyl (C=O) groups is 1. The van der Waals surface area contributed by atoms with Gasteiger partial charge in [-0.15, -0.1) is 0 Å². The molecule has 86 valence electrons. The van der Waals surface area contributed by atoms with Gasteiger partial charge in [-0.1, -0.05) is 15.9 Å². The first-order chi connectivity index (χ1) is 7.56. The van der Waals surface area contributed by atoms with Crippen LogP contribution in [0.1, 0.15) is 10.4 Å². The molecular formula is C11H12BrFN2O. The van der Waals surface area contributed by atoms with Crippen molar-refractivity contribution in [2.75, 3.05) is 20.1 Å². The highest BCUT2D eigenvalue weighted by Crippen LogP contribution is 2.15. The molecule has 3 nitrogen and oxygen atoms in total. The Morgan fingerprint density at radius 1 is 1.56 bits per heavy atom. The first-order valence-electron chi connectivity index (χ1n) is 5.00. The summed E-state index contributed by atoms with van der Waals surface area (Å²) in [7, 11) is 1.98. The van der Waals surface area contributed by atoms with Crippen molar-refractivity contribution in [3.63, 3.8) is 0 Å². The topological polar surface area (TPSA) is 32.3 Å². The Hall–Kier alpha value is -0.940. The highest BCUT2D eigenvalue weighted by Gasteiger charge is 2.25. The van der Waals surface area contributed by atoms with Crippen LogP contribution in [0.5, 0.6) is 0 Å². The lowest BCUT2D eigenvalue weighted by Gasteiger charge is -2.36. The average molecular weight is 287 g/mol. The monoisotopic (exact) mass is 286 g/mol. The third kappa shape index (κ3) is 2.41. The number of likely N-dealkylation sites (tertiary alicyclic amines) is 1. The molecule has 0 bridgehead atoms. The zero-order valence-electron chi connectivity index (χ0n) is 8.84. The maximum atomic E-state index is 13.4. The predicted octanol–water partition coefficient (Wildman–Crippen LogP) is 1.63. The molecule has 1 amide bonds. The van der Waals surface area contributed by atoms with E-state index in [4.69, 9.17) is 0 Å². The second-order valence-corrected chi connectivity index (χ2v) is 4.93. The lowest BCUT2D eigenvalue weighted by atomic mass is 10.1. The molecule has 1 fully saturated rings. The number of nitrogens with one attached hydrogen (secondary N) is 1. The maximum absolute atomic E-state index is 13.4. The molecule has 2 rings (SSSR count). The van der Waals surface area contributed by atoms with E-state index in [0.717, 1.165) is 13.1 Å². The second kappa shape index (κ2) is 4.51. The van der Waals surface area contributed by atoms with E-state index >= 15 is 0 Å². The van der Waals surface area contributed by atoms with Crippen molar-refractivity contribution in [1.82, 2.24) is 10.2 Å². The van der Waals surface area contributed by atoms with Crippen molar-refractivity contribution in [2.45, 2.75) is 6.04 Å². The molecule has 0 saturated carbocycles. The minimum atomic E-state index is -0.500. The Bertz CT molecular complexity index is 418. The molecule has 1 heterocycles. The summed E-state index contributed by atoms with van der Waals surface area (Å²) in [5, 5.41) is 2.79. The fourth-order valence-electron chi connectivity index (χ4n) is 1.73. The van der Waals surface area contributed by atoms with Gasteiger partial charge in [0.05, 0.1) is 11.6 Å². The van der Waals surface area contributed by atoms with Gasteiger partial charge in [0.25, 0.3) is 5.91 Å². The summed E-state index contributed by atoms with van der Waals surface area (Å²) >= 11 is 3.15. The Labute approximate surface area is 102 Å². The summed E-state index contributed by atoms with van der Waals surface area (Å²) in [6.07, 6.45) is 0. The maximum Gasteiger partial charge on any atom is 0.254 e. The molecule has 0 spiro atoms. The number of carbonyl (C=O) groups excluding carboxylic acids is 1. The average Bonchev–Trinajstić information content (AvgIpc) is 2.15. The van der Waals surface area contributed by atoms with Crippen LogP contribution >= 0.6 is 15.9 Å². The van der Waals surface area contributed by atoms with E-state index < -0.39 is 5.82 Å². The van der Waals surface area contributed by atoms with Crippen LogP contribution < -0.4 is 5.32 Å². The van der Waals surface area contributed by atoms with Gasteiger partial charge in [0.1, 0.15) is 5.82 Å². The van der Waals surface area contributed by atoms with Crippen LogP contribution in [0.25, 0.3) is 0 Å². The largest absolute Gasteiger partial charge is 0.347 e. The van der Waals surface area contributed by atoms with E-state index in [1.165, 1.54) is 12.1 Å². The number of likely N-dealkylation sites (N-methyl/N-ethyl adjacent to an activating group) is 1. The Morgan fingerprint density at radius 2 is 2.25 bits per heavy atom. The van der Waals surface area contributed by atoms with Crippen molar-refractivity contribution in [1.29, 1.82) is 0 Å². The Balaban J connectivity index is 2.03. The molecule has 1 aliphatic rings. The molecule has 1 N–H and O–H groups in total. The molecular weight excluding hydrogens is 275 g/mol. The van der Waals surface area contributed by atoms with Gasteiger partial charge in [-0.05, 0) is 25.2 Å². The highest BCUT2D eigenvalue weighted by molar-refractivity contribution is 9.10. The molecule has 1 saturated heterocycles. The number of halogens is 2. The molecule has 0 unspecified atom stereocenters. The summed E-state index contributed by atoms with van der Waals surface area (Å²) in [6, 6.07) is 4.57. The standard InChI is InChI=1S/C11H12BrFN2O/c1-15-5-8(6-15)14-11(16)9-3-2-7(12)4-10(9)13/h2-4,8H,5-6H2,1H3,(H,14,16). The Morgan fingerprint density at radius 3 is 2.81 bits per heavy atom. The van der Waals surface area contributed by atoms with Gasteiger partial charge in [0.15, 0.2) is 0 Å². The first-order valence-corrected chi connectivity index (χ1v) is 5.80. The lowest BCUT2D eigenvalue weighted by molar-refractivity contribution is 0.0854. The van der Waals surface area contributed by atoms with Crippen LogP contribution in [0.2, 0.25) is 0 Å². The van der Waals surface area contributed by atoms with Crippen molar-refractivity contribution in [3.05, 3.63) is 34.1 Å². The van der Waals surface area contributed by atoms with E-state index in [1.54, 1.807) is 6.07 Å². The summed E-state index contributed by atoms with van der Waals surface area (Å²) in [5.74, 6) is -0.845. The fourth-order valence-corrected chi connectivity index (χ4v) is 2.06. The smallest absolute Gasteiger partial charge is 0.254 e. The minimum Gasteiger partial charge on any atom is -0.347 e. The van der Waals surface area contributed by atoms with Crippen molar-refractivity contribution in [3.8, 4) is 0 Å². The number of nitrogens with zero attached hydrogens (tertiary/aromatic N) is 1. The van der Waals surface area contributed by atoms with Crippen LogP contribution in [0.15, 0.2) is 22.7 Å². The van der Waals surface area contributed by atoms with Crippen molar-refractivity contribution in [2.24, 2.45) is 0 Å². The normalized spacial score (nSPS) is 16.9. The SMILES string of the molecule is CN1CC(NC(=O)c2ccc(Br)cc2F)C1.